The Morgan fingerprint density at radius 2 is 1.80 bits per heavy atom. The van der Waals surface area contributed by atoms with Gasteiger partial charge < -0.3 is 20.6 Å². The first-order valence-corrected chi connectivity index (χ1v) is 11.6. The molecule has 4 rings (SSSR count). The van der Waals surface area contributed by atoms with E-state index < -0.39 is 0 Å². The van der Waals surface area contributed by atoms with E-state index in [9.17, 15) is 9.90 Å². The Morgan fingerprint density at radius 1 is 1.13 bits per heavy atom. The van der Waals surface area contributed by atoms with Crippen LogP contribution in [0.15, 0.2) is 47.9 Å². The van der Waals surface area contributed by atoms with Crippen molar-refractivity contribution in [1.82, 2.24) is 15.5 Å². The van der Waals surface area contributed by atoms with Crippen LogP contribution in [-0.4, -0.2) is 22.1 Å². The molecule has 1 aromatic rings. The van der Waals surface area contributed by atoms with Gasteiger partial charge in [-0.05, 0) is 42.0 Å². The molecule has 1 aromatic carbocycles. The average molecular weight is 412 g/mol. The van der Waals surface area contributed by atoms with Crippen LogP contribution in [0.4, 0.5) is 0 Å². The zero-order valence-electron chi connectivity index (χ0n) is 18.7. The van der Waals surface area contributed by atoms with Gasteiger partial charge in [0.15, 0.2) is 0 Å². The number of carbonyl (C=O) groups is 1. The van der Waals surface area contributed by atoms with Crippen molar-refractivity contribution in [2.75, 3.05) is 0 Å². The summed E-state index contributed by atoms with van der Waals surface area (Å²) in [4.78, 5) is 14.9. The van der Waals surface area contributed by atoms with Gasteiger partial charge >= 0.3 is 0 Å². The van der Waals surface area contributed by atoms with Crippen molar-refractivity contribution in [3.05, 3.63) is 53.5 Å². The number of phenolic OH excluding ortho intramolecular Hbond substituents is 1. The summed E-state index contributed by atoms with van der Waals surface area (Å²) in [6.45, 7) is 11.1. The number of hydrogen-bond donors (Lipinski definition) is 3. The molecule has 0 saturated heterocycles. The maximum absolute atomic E-state index is 12.5. The third kappa shape index (κ3) is 4.66. The normalized spacial score (nSPS) is 24.0. The van der Waals surface area contributed by atoms with Gasteiger partial charge in [0.25, 0.3) is 0 Å². The van der Waals surface area contributed by atoms with Crippen molar-refractivity contribution >= 4 is 5.91 Å². The van der Waals surface area contributed by atoms with Gasteiger partial charge in [-0.1, -0.05) is 71.6 Å². The molecule has 2 atom stereocenters. The van der Waals surface area contributed by atoms with Crippen LogP contribution in [0.1, 0.15) is 71.3 Å². The van der Waals surface area contributed by atoms with Crippen molar-refractivity contribution in [3.63, 3.8) is 0 Å². The van der Waals surface area contributed by atoms with Gasteiger partial charge in [-0.2, -0.15) is 0 Å². The quantitative estimate of drug-likeness (QED) is 0.638. The average Bonchev–Trinajstić information content (AvgIpc) is 3.09. The van der Waals surface area contributed by atoms with Crippen molar-refractivity contribution in [3.8, 4) is 5.75 Å². The fraction of sp³-hybridized carbons (Fsp3) is 0.560. The minimum Gasteiger partial charge on any atom is -0.508 e. The molecular weight excluding hydrogens is 374 g/mol. The molecule has 30 heavy (non-hydrogen) atoms. The van der Waals surface area contributed by atoms with E-state index in [1.807, 2.05) is 32.9 Å². The molecule has 5 nitrogen and oxygen atoms in total. The lowest BCUT2D eigenvalue weighted by atomic mass is 9.86. The summed E-state index contributed by atoms with van der Waals surface area (Å²) in [5.41, 5.74) is 3.11. The number of amides is 1. The number of nitrogens with zero attached hydrogens (tertiary/aromatic N) is 1. The maximum atomic E-state index is 12.5. The van der Waals surface area contributed by atoms with Crippen LogP contribution in [0.3, 0.4) is 0 Å². The zero-order chi connectivity index (χ0) is 21.7. The Balaban J connectivity index is 0.00000124. The van der Waals surface area contributed by atoms with Crippen molar-refractivity contribution in [2.45, 2.75) is 78.4 Å². The largest absolute Gasteiger partial charge is 0.508 e. The number of phenols is 1. The molecule has 3 aliphatic rings. The smallest absolute Gasteiger partial charge is 0.233 e. The fourth-order valence-electron chi connectivity index (χ4n) is 4.93. The molecule has 2 heterocycles. The molecule has 1 aliphatic carbocycles. The minimum absolute atomic E-state index is 0.0432. The highest BCUT2D eigenvalue weighted by Gasteiger charge is 2.41. The number of rotatable bonds is 5. The van der Waals surface area contributed by atoms with E-state index in [0.29, 0.717) is 0 Å². The van der Waals surface area contributed by atoms with E-state index in [-0.39, 0.29) is 23.7 Å². The van der Waals surface area contributed by atoms with Gasteiger partial charge in [0.1, 0.15) is 17.7 Å². The summed E-state index contributed by atoms with van der Waals surface area (Å²) in [6, 6.07) is 7.40. The predicted molar refractivity (Wildman–Crippen MR) is 121 cm³/mol. The van der Waals surface area contributed by atoms with Gasteiger partial charge in [-0.3, -0.25) is 4.79 Å². The SMILES string of the molecule is C=C1C2=C(NC(=O)C1CC)NC(CC1CCCCC1)N2Cc1ccc(O)cc1.CC. The van der Waals surface area contributed by atoms with Crippen LogP contribution >= 0.6 is 0 Å². The molecule has 164 valence electrons. The number of aromatic hydroxyl groups is 1. The zero-order valence-corrected chi connectivity index (χ0v) is 18.7. The second-order valence-corrected chi connectivity index (χ2v) is 8.39. The Labute approximate surface area is 181 Å². The summed E-state index contributed by atoms with van der Waals surface area (Å²) in [7, 11) is 0. The number of nitrogens with one attached hydrogen (secondary N) is 2. The second-order valence-electron chi connectivity index (χ2n) is 8.39. The molecule has 3 N–H and O–H groups in total. The summed E-state index contributed by atoms with van der Waals surface area (Å²) in [5, 5.41) is 16.3. The van der Waals surface area contributed by atoms with Crippen LogP contribution in [-0.2, 0) is 11.3 Å². The number of hydrogen-bond acceptors (Lipinski definition) is 4. The molecule has 2 aliphatic heterocycles. The summed E-state index contributed by atoms with van der Waals surface area (Å²) < 4.78 is 0. The summed E-state index contributed by atoms with van der Waals surface area (Å²) in [5.74, 6) is 1.69. The van der Waals surface area contributed by atoms with Crippen LogP contribution < -0.4 is 10.6 Å². The molecule has 5 heteroatoms. The minimum atomic E-state index is -0.170. The molecule has 0 radical (unpaired) electrons. The first-order valence-electron chi connectivity index (χ1n) is 11.6. The van der Waals surface area contributed by atoms with Crippen molar-refractivity contribution < 1.29 is 9.90 Å². The van der Waals surface area contributed by atoms with E-state index in [4.69, 9.17) is 0 Å². The van der Waals surface area contributed by atoms with Crippen LogP contribution in [0.25, 0.3) is 0 Å². The summed E-state index contributed by atoms with van der Waals surface area (Å²) >= 11 is 0. The highest BCUT2D eigenvalue weighted by molar-refractivity contribution is 5.86. The maximum Gasteiger partial charge on any atom is 0.233 e. The molecule has 0 bridgehead atoms. The predicted octanol–water partition coefficient (Wildman–Crippen LogP) is 5.00. The monoisotopic (exact) mass is 411 g/mol. The summed E-state index contributed by atoms with van der Waals surface area (Å²) in [6.07, 6.45) is 8.57. The van der Waals surface area contributed by atoms with E-state index in [2.05, 4.69) is 22.1 Å². The first kappa shape index (κ1) is 22.3. The molecule has 1 amide bonds. The molecule has 1 fully saturated rings. The lowest BCUT2D eigenvalue weighted by Crippen LogP contribution is -2.40. The second kappa shape index (κ2) is 10.1. The lowest BCUT2D eigenvalue weighted by molar-refractivity contribution is -0.123. The molecular formula is C25H37N3O2. The van der Waals surface area contributed by atoms with Gasteiger partial charge in [0, 0.05) is 6.54 Å². The number of allylic oxidation sites excluding steroid dienone is 1. The van der Waals surface area contributed by atoms with Crippen molar-refractivity contribution in [1.29, 1.82) is 0 Å². The Kier molecular flexibility index (Phi) is 7.46. The number of benzene rings is 1. The highest BCUT2D eigenvalue weighted by Crippen LogP contribution is 2.38. The van der Waals surface area contributed by atoms with E-state index in [1.165, 1.54) is 32.1 Å². The van der Waals surface area contributed by atoms with Gasteiger partial charge in [0.2, 0.25) is 5.91 Å². The van der Waals surface area contributed by atoms with E-state index in [1.54, 1.807) is 12.1 Å². The van der Waals surface area contributed by atoms with E-state index in [0.717, 1.165) is 48.0 Å². The Hall–Kier alpha value is -2.43. The van der Waals surface area contributed by atoms with Crippen molar-refractivity contribution in [2.24, 2.45) is 11.8 Å². The molecule has 1 saturated carbocycles. The molecule has 2 unspecified atom stereocenters. The van der Waals surface area contributed by atoms with Crippen LogP contribution in [0, 0.1) is 11.8 Å². The van der Waals surface area contributed by atoms with Crippen LogP contribution in [0.5, 0.6) is 5.75 Å². The topological polar surface area (TPSA) is 64.6 Å². The Bertz CT molecular complexity index is 778. The Morgan fingerprint density at radius 3 is 2.43 bits per heavy atom. The van der Waals surface area contributed by atoms with Gasteiger partial charge in [-0.25, -0.2) is 0 Å². The molecule has 0 spiro atoms. The van der Waals surface area contributed by atoms with Crippen LogP contribution in [0.2, 0.25) is 0 Å². The van der Waals surface area contributed by atoms with Gasteiger partial charge in [0.05, 0.1) is 11.6 Å². The fourth-order valence-corrected chi connectivity index (χ4v) is 4.93. The molecule has 0 aromatic heterocycles. The lowest BCUT2D eigenvalue weighted by Gasteiger charge is -2.34. The third-order valence-electron chi connectivity index (χ3n) is 6.48. The third-order valence-corrected chi connectivity index (χ3v) is 6.48. The first-order chi connectivity index (χ1) is 14.6. The highest BCUT2D eigenvalue weighted by atomic mass is 16.3. The number of carbonyl (C=O) groups excluding carboxylic acids is 1. The van der Waals surface area contributed by atoms with Gasteiger partial charge in [-0.15, -0.1) is 0 Å². The standard InChI is InChI=1S/C23H31N3O2.C2H6/c1-3-19-15(2)21-22(25-23(19)28)24-20(13-16-7-5-4-6-8-16)26(21)14-17-9-11-18(27)12-10-17;1-2/h9-12,16,19-20,24,27H,2-8,13-14H2,1H3,(H,25,28);1-2H3. The van der Waals surface area contributed by atoms with E-state index >= 15 is 0 Å².